The summed E-state index contributed by atoms with van der Waals surface area (Å²) in [6.07, 6.45) is 1.30. The van der Waals surface area contributed by atoms with E-state index in [4.69, 9.17) is 4.74 Å². The van der Waals surface area contributed by atoms with Crippen LogP contribution in [0, 0.1) is 6.92 Å². The number of ether oxygens (including phenoxy) is 1. The number of anilines is 1. The zero-order valence-electron chi connectivity index (χ0n) is 15.9. The van der Waals surface area contributed by atoms with Gasteiger partial charge in [0, 0.05) is 20.3 Å². The van der Waals surface area contributed by atoms with Gasteiger partial charge in [-0.1, -0.05) is 17.8 Å². The average Bonchev–Trinajstić information content (AvgIpc) is 2.62. The number of methoxy groups -OCH3 is 1. The highest BCUT2D eigenvalue weighted by Crippen LogP contribution is 2.28. The van der Waals surface area contributed by atoms with Crippen molar-refractivity contribution in [3.63, 3.8) is 0 Å². The summed E-state index contributed by atoms with van der Waals surface area (Å²) in [5.41, 5.74) is 1.61. The van der Waals surface area contributed by atoms with E-state index in [-0.39, 0.29) is 10.8 Å². The number of pyridine rings is 1. The first-order chi connectivity index (χ1) is 12.6. The molecule has 0 spiro atoms. The van der Waals surface area contributed by atoms with E-state index in [2.05, 4.69) is 10.3 Å². The van der Waals surface area contributed by atoms with Gasteiger partial charge in [0.1, 0.15) is 10.6 Å². The zero-order valence-corrected chi connectivity index (χ0v) is 17.5. The summed E-state index contributed by atoms with van der Waals surface area (Å²) in [5, 5.41) is 2.99. The standard InChI is InChI=1S/C18H23N3O4S2/c1-12-6-8-16(25-5)15(10-12)20-18(22)13(2)26-17-9-7-14(11-19-17)27(23,24)21(3)4/h6-11,13H,1-5H3,(H,20,22)/t13-/m0/s1. The molecule has 27 heavy (non-hydrogen) atoms. The molecule has 0 aliphatic rings. The fourth-order valence-electron chi connectivity index (χ4n) is 2.19. The molecule has 9 heteroatoms. The minimum Gasteiger partial charge on any atom is -0.495 e. The molecule has 1 heterocycles. The Balaban J connectivity index is 2.08. The Bertz CT molecular complexity index is 913. The monoisotopic (exact) mass is 409 g/mol. The maximum absolute atomic E-state index is 12.5. The van der Waals surface area contributed by atoms with Gasteiger partial charge in [0.05, 0.1) is 23.1 Å². The molecule has 0 bridgehead atoms. The van der Waals surface area contributed by atoms with E-state index in [1.807, 2.05) is 19.1 Å². The second kappa shape index (κ2) is 8.73. The number of aromatic nitrogens is 1. The lowest BCUT2D eigenvalue weighted by Crippen LogP contribution is -2.23. The van der Waals surface area contributed by atoms with Crippen LogP contribution in [0.3, 0.4) is 0 Å². The van der Waals surface area contributed by atoms with E-state index in [1.165, 1.54) is 38.1 Å². The molecule has 0 aliphatic heterocycles. The lowest BCUT2D eigenvalue weighted by atomic mass is 10.2. The number of hydrogen-bond acceptors (Lipinski definition) is 6. The number of aryl methyl sites for hydroxylation is 1. The van der Waals surface area contributed by atoms with E-state index in [0.29, 0.717) is 16.5 Å². The van der Waals surface area contributed by atoms with Crippen LogP contribution in [0.25, 0.3) is 0 Å². The summed E-state index contributed by atoms with van der Waals surface area (Å²) >= 11 is 1.24. The van der Waals surface area contributed by atoms with Crippen LogP contribution in [-0.2, 0) is 14.8 Å². The Morgan fingerprint density at radius 3 is 2.52 bits per heavy atom. The maximum atomic E-state index is 12.5. The average molecular weight is 410 g/mol. The molecule has 0 aliphatic carbocycles. The van der Waals surface area contributed by atoms with Gasteiger partial charge in [0.15, 0.2) is 0 Å². The van der Waals surface area contributed by atoms with Crippen LogP contribution < -0.4 is 10.1 Å². The summed E-state index contributed by atoms with van der Waals surface area (Å²) < 4.78 is 30.5. The Labute approximate surface area is 164 Å². The smallest absolute Gasteiger partial charge is 0.244 e. The third-order valence-corrected chi connectivity index (χ3v) is 6.62. The van der Waals surface area contributed by atoms with E-state index >= 15 is 0 Å². The van der Waals surface area contributed by atoms with Gasteiger partial charge >= 0.3 is 0 Å². The molecular weight excluding hydrogens is 386 g/mol. The summed E-state index contributed by atoms with van der Waals surface area (Å²) in [5.74, 6) is 0.387. The van der Waals surface area contributed by atoms with Gasteiger partial charge in [0.25, 0.3) is 0 Å². The Kier molecular flexibility index (Phi) is 6.85. The third-order valence-electron chi connectivity index (χ3n) is 3.77. The molecule has 1 N–H and O–H groups in total. The molecule has 7 nitrogen and oxygen atoms in total. The van der Waals surface area contributed by atoms with Gasteiger partial charge in [-0.05, 0) is 43.7 Å². The Morgan fingerprint density at radius 1 is 1.26 bits per heavy atom. The van der Waals surface area contributed by atoms with Crippen LogP contribution in [-0.4, -0.2) is 50.1 Å². The van der Waals surface area contributed by atoms with Crippen molar-refractivity contribution >= 4 is 33.4 Å². The lowest BCUT2D eigenvalue weighted by Gasteiger charge is -2.15. The number of sulfonamides is 1. The molecule has 0 unspecified atom stereocenters. The van der Waals surface area contributed by atoms with Crippen LogP contribution >= 0.6 is 11.8 Å². The van der Waals surface area contributed by atoms with Gasteiger partial charge < -0.3 is 10.1 Å². The first-order valence-electron chi connectivity index (χ1n) is 8.16. The minimum atomic E-state index is -3.52. The van der Waals surface area contributed by atoms with Gasteiger partial charge in [-0.3, -0.25) is 4.79 Å². The summed E-state index contributed by atoms with van der Waals surface area (Å²) in [6.45, 7) is 3.69. The highest BCUT2D eigenvalue weighted by Gasteiger charge is 2.20. The van der Waals surface area contributed by atoms with E-state index < -0.39 is 15.3 Å². The molecule has 0 fully saturated rings. The molecule has 0 saturated carbocycles. The summed E-state index contributed by atoms with van der Waals surface area (Å²) in [4.78, 5) is 16.8. The topological polar surface area (TPSA) is 88.6 Å². The Morgan fingerprint density at radius 2 is 1.96 bits per heavy atom. The first kappa shape index (κ1) is 21.2. The van der Waals surface area contributed by atoms with Gasteiger partial charge in [-0.15, -0.1) is 0 Å². The van der Waals surface area contributed by atoms with Gasteiger partial charge in [-0.2, -0.15) is 0 Å². The van der Waals surface area contributed by atoms with Crippen LogP contribution in [0.1, 0.15) is 12.5 Å². The fraction of sp³-hybridized carbons (Fsp3) is 0.333. The number of carbonyl (C=O) groups excluding carboxylic acids is 1. The van der Waals surface area contributed by atoms with Crippen molar-refractivity contribution in [3.05, 3.63) is 42.1 Å². The normalized spacial score (nSPS) is 12.7. The van der Waals surface area contributed by atoms with E-state index in [9.17, 15) is 13.2 Å². The number of amides is 1. The molecule has 1 amide bonds. The van der Waals surface area contributed by atoms with Gasteiger partial charge in [-0.25, -0.2) is 17.7 Å². The predicted octanol–water partition coefficient (Wildman–Crippen LogP) is 2.77. The van der Waals surface area contributed by atoms with Crippen molar-refractivity contribution in [2.75, 3.05) is 26.5 Å². The molecule has 0 radical (unpaired) electrons. The highest BCUT2D eigenvalue weighted by atomic mass is 32.2. The van der Waals surface area contributed by atoms with Crippen molar-refractivity contribution in [2.24, 2.45) is 0 Å². The van der Waals surface area contributed by atoms with Crippen molar-refractivity contribution in [2.45, 2.75) is 29.0 Å². The summed E-state index contributed by atoms with van der Waals surface area (Å²) in [6, 6.07) is 8.62. The van der Waals surface area contributed by atoms with Crippen LogP contribution in [0.4, 0.5) is 5.69 Å². The number of nitrogens with one attached hydrogen (secondary N) is 1. The molecule has 1 atom stereocenters. The van der Waals surface area contributed by atoms with Crippen molar-refractivity contribution < 1.29 is 17.9 Å². The minimum absolute atomic E-state index is 0.110. The van der Waals surface area contributed by atoms with E-state index in [1.54, 1.807) is 26.2 Å². The number of thioether (sulfide) groups is 1. The fourth-order valence-corrected chi connectivity index (χ4v) is 3.82. The van der Waals surface area contributed by atoms with Gasteiger partial charge in [0.2, 0.25) is 15.9 Å². The number of carbonyl (C=O) groups is 1. The van der Waals surface area contributed by atoms with Crippen molar-refractivity contribution in [3.8, 4) is 5.75 Å². The second-order valence-corrected chi connectivity index (χ2v) is 9.59. The molecule has 2 rings (SSSR count). The number of nitrogens with zero attached hydrogens (tertiary/aromatic N) is 2. The molecule has 0 saturated heterocycles. The number of hydrogen-bond donors (Lipinski definition) is 1. The molecule has 1 aromatic carbocycles. The van der Waals surface area contributed by atoms with Crippen LogP contribution in [0.5, 0.6) is 5.75 Å². The second-order valence-electron chi connectivity index (χ2n) is 6.07. The zero-order chi connectivity index (χ0) is 20.2. The van der Waals surface area contributed by atoms with Crippen molar-refractivity contribution in [1.29, 1.82) is 0 Å². The molecule has 1 aromatic heterocycles. The predicted molar refractivity (Wildman–Crippen MR) is 107 cm³/mol. The van der Waals surface area contributed by atoms with Crippen molar-refractivity contribution in [1.82, 2.24) is 9.29 Å². The summed E-state index contributed by atoms with van der Waals surface area (Å²) in [7, 11) is 0.949. The van der Waals surface area contributed by atoms with Crippen LogP contribution in [0.2, 0.25) is 0 Å². The molecule has 146 valence electrons. The van der Waals surface area contributed by atoms with Crippen LogP contribution in [0.15, 0.2) is 46.5 Å². The largest absolute Gasteiger partial charge is 0.495 e. The third kappa shape index (κ3) is 5.21. The SMILES string of the molecule is COc1ccc(C)cc1NC(=O)[C@H](C)Sc1ccc(S(=O)(=O)N(C)C)cn1. The first-order valence-corrected chi connectivity index (χ1v) is 10.5. The quantitative estimate of drug-likeness (QED) is 0.708. The van der Waals surface area contributed by atoms with E-state index in [0.717, 1.165) is 9.87 Å². The molecular formula is C18H23N3O4S2. The molecule has 2 aromatic rings. The highest BCUT2D eigenvalue weighted by molar-refractivity contribution is 8.00. The lowest BCUT2D eigenvalue weighted by molar-refractivity contribution is -0.115. The Hall–Kier alpha value is -2.10. The maximum Gasteiger partial charge on any atom is 0.244 e. The number of benzene rings is 1. The number of rotatable bonds is 7.